The molecule has 5 nitrogen and oxygen atoms in total. The number of carbonyl (C=O) groups excluding carboxylic acids is 1. The fraction of sp³-hybridized carbons (Fsp3) is 0.500. The average Bonchev–Trinajstić information content (AvgIpc) is 2.41. The van der Waals surface area contributed by atoms with Gasteiger partial charge in [0.25, 0.3) is 0 Å². The molecule has 1 aliphatic carbocycles. The van der Waals surface area contributed by atoms with Crippen molar-refractivity contribution in [1.82, 2.24) is 10.6 Å². The summed E-state index contributed by atoms with van der Waals surface area (Å²) in [6.45, 7) is 0.644. The number of aliphatic carboxylic acids is 1. The van der Waals surface area contributed by atoms with Crippen molar-refractivity contribution in [2.24, 2.45) is 5.92 Å². The number of hydrogen-bond acceptors (Lipinski definition) is 2. The third kappa shape index (κ3) is 5.10. The van der Waals surface area contributed by atoms with Gasteiger partial charge in [0.15, 0.2) is 0 Å². The number of carbonyl (C=O) groups is 2. The van der Waals surface area contributed by atoms with Crippen LogP contribution >= 0.6 is 0 Å². The van der Waals surface area contributed by atoms with Crippen molar-refractivity contribution in [3.8, 4) is 0 Å². The van der Waals surface area contributed by atoms with E-state index < -0.39 is 12.0 Å². The molecular formula is C16H22N2O3. The summed E-state index contributed by atoms with van der Waals surface area (Å²) in [5.41, 5.74) is 0.800. The number of benzene rings is 1. The Labute approximate surface area is 124 Å². The monoisotopic (exact) mass is 290 g/mol. The lowest BCUT2D eigenvalue weighted by atomic mass is 9.83. The minimum atomic E-state index is -0.932. The summed E-state index contributed by atoms with van der Waals surface area (Å²) in [5, 5.41) is 14.5. The molecule has 2 rings (SSSR count). The summed E-state index contributed by atoms with van der Waals surface area (Å²) in [6, 6.07) is 8.36. The highest BCUT2D eigenvalue weighted by atomic mass is 16.4. The molecule has 1 fully saturated rings. The molecule has 1 saturated carbocycles. The fourth-order valence-corrected chi connectivity index (χ4v) is 2.49. The van der Waals surface area contributed by atoms with Crippen molar-refractivity contribution in [3.05, 3.63) is 35.9 Å². The average molecular weight is 290 g/mol. The number of amides is 2. The van der Waals surface area contributed by atoms with Gasteiger partial charge in [-0.15, -0.1) is 0 Å². The van der Waals surface area contributed by atoms with Gasteiger partial charge >= 0.3 is 12.0 Å². The maximum Gasteiger partial charge on any atom is 0.315 e. The van der Waals surface area contributed by atoms with Crippen LogP contribution in [0.3, 0.4) is 0 Å². The first-order valence-corrected chi connectivity index (χ1v) is 7.46. The first-order valence-electron chi connectivity index (χ1n) is 7.46. The van der Waals surface area contributed by atoms with E-state index in [4.69, 9.17) is 5.11 Å². The molecule has 114 valence electrons. The van der Waals surface area contributed by atoms with E-state index in [2.05, 4.69) is 10.6 Å². The van der Waals surface area contributed by atoms with E-state index in [0.717, 1.165) is 17.9 Å². The zero-order valence-electron chi connectivity index (χ0n) is 12.0. The second kappa shape index (κ2) is 7.67. The smallest absolute Gasteiger partial charge is 0.315 e. The lowest BCUT2D eigenvalue weighted by Gasteiger charge is -2.25. The van der Waals surface area contributed by atoms with E-state index in [9.17, 15) is 9.59 Å². The van der Waals surface area contributed by atoms with Gasteiger partial charge < -0.3 is 15.7 Å². The van der Waals surface area contributed by atoms with Gasteiger partial charge in [0, 0.05) is 6.54 Å². The third-order valence-corrected chi connectivity index (χ3v) is 3.95. The fourth-order valence-electron chi connectivity index (χ4n) is 2.49. The lowest BCUT2D eigenvalue weighted by molar-refractivity contribution is -0.137. The van der Waals surface area contributed by atoms with Crippen molar-refractivity contribution in [3.63, 3.8) is 0 Å². The van der Waals surface area contributed by atoms with E-state index >= 15 is 0 Å². The maximum absolute atomic E-state index is 11.9. The Morgan fingerprint density at radius 3 is 2.52 bits per heavy atom. The topological polar surface area (TPSA) is 78.4 Å². The highest BCUT2D eigenvalue weighted by Crippen LogP contribution is 2.28. The quantitative estimate of drug-likeness (QED) is 0.722. The molecule has 0 aliphatic heterocycles. The second-order valence-corrected chi connectivity index (χ2v) is 5.55. The van der Waals surface area contributed by atoms with Crippen molar-refractivity contribution < 1.29 is 14.7 Å². The van der Waals surface area contributed by atoms with Crippen molar-refractivity contribution in [2.45, 2.75) is 38.1 Å². The first kappa shape index (κ1) is 15.4. The Balaban J connectivity index is 1.82. The molecule has 2 amide bonds. The van der Waals surface area contributed by atoms with Gasteiger partial charge in [-0.05, 0) is 17.9 Å². The summed E-state index contributed by atoms with van der Waals surface area (Å²) in [7, 11) is 0. The van der Waals surface area contributed by atoms with E-state index in [-0.39, 0.29) is 12.5 Å². The number of carboxylic acids is 1. The van der Waals surface area contributed by atoms with Crippen LogP contribution < -0.4 is 10.6 Å². The molecule has 1 unspecified atom stereocenters. The minimum absolute atomic E-state index is 0.125. The number of rotatable bonds is 7. The van der Waals surface area contributed by atoms with E-state index in [1.807, 2.05) is 30.3 Å². The van der Waals surface area contributed by atoms with Crippen LogP contribution in [0.25, 0.3) is 0 Å². The Hall–Kier alpha value is -2.04. The Morgan fingerprint density at radius 2 is 1.95 bits per heavy atom. The van der Waals surface area contributed by atoms with Crippen LogP contribution in [0.2, 0.25) is 0 Å². The molecule has 0 aromatic heterocycles. The SMILES string of the molecule is O=C(O)CC(NC(=O)NCCC1CCC1)c1ccccc1. The van der Waals surface area contributed by atoms with E-state index in [1.54, 1.807) is 0 Å². The summed E-state index contributed by atoms with van der Waals surface area (Å²) in [6.07, 6.45) is 4.69. The standard InChI is InChI=1S/C16H22N2O3/c19-15(20)11-14(13-7-2-1-3-8-13)18-16(21)17-10-9-12-5-4-6-12/h1-3,7-8,12,14H,4-6,9-11H2,(H,19,20)(H2,17,18,21). The molecule has 1 aliphatic rings. The van der Waals surface area contributed by atoms with Crippen LogP contribution in [-0.4, -0.2) is 23.7 Å². The molecule has 1 aromatic carbocycles. The van der Waals surface area contributed by atoms with E-state index in [0.29, 0.717) is 6.54 Å². The molecule has 0 bridgehead atoms. The van der Waals surface area contributed by atoms with Crippen molar-refractivity contribution in [1.29, 1.82) is 0 Å². The second-order valence-electron chi connectivity index (χ2n) is 5.55. The van der Waals surface area contributed by atoms with E-state index in [1.165, 1.54) is 19.3 Å². The van der Waals surface area contributed by atoms with Crippen LogP contribution in [0.15, 0.2) is 30.3 Å². The Bertz CT molecular complexity index is 472. The van der Waals surface area contributed by atoms with Gasteiger partial charge in [0.1, 0.15) is 0 Å². The highest BCUT2D eigenvalue weighted by molar-refractivity contribution is 5.76. The molecule has 1 aromatic rings. The van der Waals surface area contributed by atoms with Gasteiger partial charge in [-0.2, -0.15) is 0 Å². The van der Waals surface area contributed by atoms with Crippen molar-refractivity contribution in [2.75, 3.05) is 6.54 Å². The zero-order valence-corrected chi connectivity index (χ0v) is 12.0. The van der Waals surface area contributed by atoms with Crippen LogP contribution in [0, 0.1) is 5.92 Å². The van der Waals surface area contributed by atoms with Crippen LogP contribution in [-0.2, 0) is 4.79 Å². The predicted octanol–water partition coefficient (Wildman–Crippen LogP) is 2.69. The molecule has 0 spiro atoms. The number of carboxylic acid groups (broad SMARTS) is 1. The van der Waals surface area contributed by atoms with Gasteiger partial charge in [-0.25, -0.2) is 4.79 Å². The summed E-state index contributed by atoms with van der Waals surface area (Å²) < 4.78 is 0. The normalized spacial score (nSPS) is 15.8. The molecular weight excluding hydrogens is 268 g/mol. The predicted molar refractivity (Wildman–Crippen MR) is 79.9 cm³/mol. The number of urea groups is 1. The maximum atomic E-state index is 11.9. The van der Waals surface area contributed by atoms with Crippen molar-refractivity contribution >= 4 is 12.0 Å². The first-order chi connectivity index (χ1) is 10.1. The largest absolute Gasteiger partial charge is 0.481 e. The van der Waals surface area contributed by atoms with Crippen LogP contribution in [0.1, 0.15) is 43.7 Å². The molecule has 1 atom stereocenters. The summed E-state index contributed by atoms with van der Waals surface area (Å²) in [4.78, 5) is 22.8. The molecule has 0 radical (unpaired) electrons. The molecule has 21 heavy (non-hydrogen) atoms. The van der Waals surface area contributed by atoms with Gasteiger partial charge in [-0.3, -0.25) is 4.79 Å². The minimum Gasteiger partial charge on any atom is -0.481 e. The van der Waals surface area contributed by atoms with Gasteiger partial charge in [0.2, 0.25) is 0 Å². The van der Waals surface area contributed by atoms with Gasteiger partial charge in [-0.1, -0.05) is 49.6 Å². The molecule has 5 heteroatoms. The Kier molecular flexibility index (Phi) is 5.60. The molecule has 0 saturated heterocycles. The molecule has 3 N–H and O–H groups in total. The third-order valence-electron chi connectivity index (χ3n) is 3.95. The highest BCUT2D eigenvalue weighted by Gasteiger charge is 2.19. The van der Waals surface area contributed by atoms with Gasteiger partial charge in [0.05, 0.1) is 12.5 Å². The Morgan fingerprint density at radius 1 is 1.24 bits per heavy atom. The zero-order chi connectivity index (χ0) is 15.1. The molecule has 0 heterocycles. The number of hydrogen-bond donors (Lipinski definition) is 3. The number of nitrogens with one attached hydrogen (secondary N) is 2. The lowest BCUT2D eigenvalue weighted by Crippen LogP contribution is -2.39. The van der Waals surface area contributed by atoms with Crippen LogP contribution in [0.5, 0.6) is 0 Å². The summed E-state index contributed by atoms with van der Waals surface area (Å²) >= 11 is 0. The summed E-state index contributed by atoms with van der Waals surface area (Å²) in [5.74, 6) is -0.187. The van der Waals surface area contributed by atoms with Crippen LogP contribution in [0.4, 0.5) is 4.79 Å².